The summed E-state index contributed by atoms with van der Waals surface area (Å²) >= 11 is 1.46. The first kappa shape index (κ1) is 15.5. The quantitative estimate of drug-likeness (QED) is 0.937. The van der Waals surface area contributed by atoms with Crippen molar-refractivity contribution in [2.24, 2.45) is 0 Å². The smallest absolute Gasteiger partial charge is 0.307 e. The van der Waals surface area contributed by atoms with Gasteiger partial charge in [0.05, 0.1) is 11.3 Å². The third kappa shape index (κ3) is 3.68. The van der Waals surface area contributed by atoms with E-state index >= 15 is 0 Å². The van der Waals surface area contributed by atoms with Gasteiger partial charge in [-0.25, -0.2) is 0 Å². The van der Waals surface area contributed by atoms with Crippen molar-refractivity contribution in [1.82, 2.24) is 4.90 Å². The molecule has 0 radical (unpaired) electrons. The molecule has 1 aliphatic rings. The Hall–Kier alpha value is -2.40. The number of nitrogens with zero attached hydrogens (tertiary/aromatic N) is 1. The molecule has 1 N–H and O–H groups in total. The predicted octanol–water partition coefficient (Wildman–Crippen LogP) is 3.30. The van der Waals surface area contributed by atoms with Crippen LogP contribution in [0.2, 0.25) is 0 Å². The van der Waals surface area contributed by atoms with Gasteiger partial charge >= 0.3 is 5.97 Å². The van der Waals surface area contributed by atoms with Crippen LogP contribution in [0.1, 0.15) is 27.2 Å². The van der Waals surface area contributed by atoms with Gasteiger partial charge in [0.25, 0.3) is 5.91 Å². The predicted molar refractivity (Wildman–Crippen MR) is 90.6 cm³/mol. The summed E-state index contributed by atoms with van der Waals surface area (Å²) in [5.74, 6) is -0.748. The number of hydrogen-bond acceptors (Lipinski definition) is 3. The molecule has 0 saturated carbocycles. The Morgan fingerprint density at radius 1 is 1.22 bits per heavy atom. The fourth-order valence-corrected chi connectivity index (χ4v) is 3.42. The third-order valence-corrected chi connectivity index (χ3v) is 4.74. The molecule has 1 aromatic carbocycles. The van der Waals surface area contributed by atoms with E-state index in [0.29, 0.717) is 13.1 Å². The largest absolute Gasteiger partial charge is 0.481 e. The molecule has 1 amide bonds. The summed E-state index contributed by atoms with van der Waals surface area (Å²) in [6.45, 7) is 1.28. The molecule has 0 aliphatic carbocycles. The lowest BCUT2D eigenvalue weighted by molar-refractivity contribution is -0.136. The number of rotatable bonds is 4. The molecule has 2 aromatic rings. The highest BCUT2D eigenvalue weighted by molar-refractivity contribution is 7.12. The molecule has 0 saturated heterocycles. The van der Waals surface area contributed by atoms with E-state index in [4.69, 9.17) is 5.11 Å². The van der Waals surface area contributed by atoms with Crippen molar-refractivity contribution >= 4 is 28.8 Å². The maximum atomic E-state index is 12.3. The number of aliphatic carboxylic acids is 1. The average molecular weight is 327 g/mol. The summed E-state index contributed by atoms with van der Waals surface area (Å²) in [6.07, 6.45) is 2.88. The van der Waals surface area contributed by atoms with Gasteiger partial charge < -0.3 is 10.0 Å². The number of amides is 1. The Morgan fingerprint density at radius 2 is 2.09 bits per heavy atom. The lowest BCUT2D eigenvalue weighted by Crippen LogP contribution is -2.34. The Labute approximate surface area is 138 Å². The Morgan fingerprint density at radius 3 is 2.74 bits per heavy atom. The molecule has 0 fully saturated rings. The monoisotopic (exact) mass is 327 g/mol. The van der Waals surface area contributed by atoms with Crippen molar-refractivity contribution in [3.8, 4) is 0 Å². The standard InChI is InChI=1S/C18H17NO3S/c20-17(21)12-13-3-1-4-15(11-13)14-6-8-19(9-7-14)18(22)16-5-2-10-23-16/h1-6,10-11H,7-9,12H2,(H,20,21). The zero-order valence-electron chi connectivity index (χ0n) is 12.6. The molecule has 0 spiro atoms. The summed E-state index contributed by atoms with van der Waals surface area (Å²) in [4.78, 5) is 25.8. The minimum absolute atomic E-state index is 0.0319. The molecule has 0 atom stereocenters. The van der Waals surface area contributed by atoms with E-state index in [1.165, 1.54) is 16.9 Å². The maximum absolute atomic E-state index is 12.3. The van der Waals surface area contributed by atoms with Crippen LogP contribution in [0.5, 0.6) is 0 Å². The molecule has 118 valence electrons. The lowest BCUT2D eigenvalue weighted by atomic mass is 9.97. The topological polar surface area (TPSA) is 57.6 Å². The second-order valence-corrected chi connectivity index (χ2v) is 6.43. The Kier molecular flexibility index (Phi) is 4.57. The Bertz CT molecular complexity index is 749. The van der Waals surface area contributed by atoms with E-state index < -0.39 is 5.97 Å². The second kappa shape index (κ2) is 6.79. The summed E-state index contributed by atoms with van der Waals surface area (Å²) < 4.78 is 0. The fraction of sp³-hybridized carbons (Fsp3) is 0.222. The second-order valence-electron chi connectivity index (χ2n) is 5.48. The van der Waals surface area contributed by atoms with Gasteiger partial charge in [0, 0.05) is 13.1 Å². The zero-order valence-corrected chi connectivity index (χ0v) is 13.4. The van der Waals surface area contributed by atoms with E-state index in [9.17, 15) is 9.59 Å². The highest BCUT2D eigenvalue weighted by Gasteiger charge is 2.20. The van der Waals surface area contributed by atoms with Gasteiger partial charge in [-0.2, -0.15) is 0 Å². The maximum Gasteiger partial charge on any atom is 0.307 e. The van der Waals surface area contributed by atoms with Crippen LogP contribution >= 0.6 is 11.3 Å². The Balaban J connectivity index is 1.71. The van der Waals surface area contributed by atoms with Crippen LogP contribution in [-0.2, 0) is 11.2 Å². The molecule has 23 heavy (non-hydrogen) atoms. The van der Waals surface area contributed by atoms with Crippen LogP contribution in [0.3, 0.4) is 0 Å². The minimum atomic E-state index is -0.826. The molecule has 0 bridgehead atoms. The highest BCUT2D eigenvalue weighted by atomic mass is 32.1. The average Bonchev–Trinajstić information content (AvgIpc) is 3.08. The molecule has 4 nitrogen and oxygen atoms in total. The molecule has 3 rings (SSSR count). The van der Waals surface area contributed by atoms with Crippen LogP contribution in [0.4, 0.5) is 0 Å². The van der Waals surface area contributed by atoms with Gasteiger partial charge in [0.2, 0.25) is 0 Å². The minimum Gasteiger partial charge on any atom is -0.481 e. The summed E-state index contributed by atoms with van der Waals surface area (Å²) in [5.41, 5.74) is 3.02. The summed E-state index contributed by atoms with van der Waals surface area (Å²) in [5, 5.41) is 10.8. The normalized spacial score (nSPS) is 14.4. The van der Waals surface area contributed by atoms with Crippen LogP contribution < -0.4 is 0 Å². The van der Waals surface area contributed by atoms with Crippen molar-refractivity contribution in [2.75, 3.05) is 13.1 Å². The van der Waals surface area contributed by atoms with Gasteiger partial charge in [-0.05, 0) is 34.6 Å². The van der Waals surface area contributed by atoms with Gasteiger partial charge in [-0.15, -0.1) is 11.3 Å². The number of benzene rings is 1. The molecule has 2 heterocycles. The number of thiophene rings is 1. The van der Waals surface area contributed by atoms with Gasteiger partial charge in [0.1, 0.15) is 0 Å². The zero-order chi connectivity index (χ0) is 16.2. The van der Waals surface area contributed by atoms with Crippen molar-refractivity contribution in [3.63, 3.8) is 0 Å². The van der Waals surface area contributed by atoms with Crippen molar-refractivity contribution in [2.45, 2.75) is 12.8 Å². The van der Waals surface area contributed by atoms with Crippen LogP contribution in [-0.4, -0.2) is 35.0 Å². The van der Waals surface area contributed by atoms with Crippen LogP contribution in [0.25, 0.3) is 5.57 Å². The fourth-order valence-electron chi connectivity index (χ4n) is 2.73. The number of carboxylic acids is 1. The van der Waals surface area contributed by atoms with E-state index in [2.05, 4.69) is 6.08 Å². The van der Waals surface area contributed by atoms with E-state index in [1.54, 1.807) is 0 Å². The molecule has 0 unspecified atom stereocenters. The lowest BCUT2D eigenvalue weighted by Gasteiger charge is -2.26. The number of carbonyl (C=O) groups excluding carboxylic acids is 1. The first-order valence-corrected chi connectivity index (χ1v) is 8.34. The number of hydrogen-bond donors (Lipinski definition) is 1. The number of carboxylic acid groups (broad SMARTS) is 1. The summed E-state index contributed by atoms with van der Waals surface area (Å²) in [7, 11) is 0. The molecule has 1 aliphatic heterocycles. The SMILES string of the molecule is O=C(O)Cc1cccc(C2=CCN(C(=O)c3cccs3)CC2)c1. The van der Waals surface area contributed by atoms with E-state index in [1.807, 2.05) is 46.7 Å². The summed E-state index contributed by atoms with van der Waals surface area (Å²) in [6, 6.07) is 11.4. The van der Waals surface area contributed by atoms with Crippen LogP contribution in [0.15, 0.2) is 47.9 Å². The first-order chi connectivity index (χ1) is 11.1. The van der Waals surface area contributed by atoms with Crippen LogP contribution in [0, 0.1) is 0 Å². The van der Waals surface area contributed by atoms with Crippen molar-refractivity contribution in [1.29, 1.82) is 0 Å². The van der Waals surface area contributed by atoms with E-state index in [0.717, 1.165) is 22.4 Å². The molecular weight excluding hydrogens is 310 g/mol. The molecule has 5 heteroatoms. The van der Waals surface area contributed by atoms with Gasteiger partial charge in [0.15, 0.2) is 0 Å². The highest BCUT2D eigenvalue weighted by Crippen LogP contribution is 2.24. The van der Waals surface area contributed by atoms with Crippen molar-refractivity contribution in [3.05, 3.63) is 63.9 Å². The first-order valence-electron chi connectivity index (χ1n) is 7.46. The van der Waals surface area contributed by atoms with E-state index in [-0.39, 0.29) is 12.3 Å². The number of carbonyl (C=O) groups is 2. The van der Waals surface area contributed by atoms with Gasteiger partial charge in [-0.3, -0.25) is 9.59 Å². The molecular formula is C18H17NO3S. The van der Waals surface area contributed by atoms with Gasteiger partial charge in [-0.1, -0.05) is 36.4 Å². The van der Waals surface area contributed by atoms with Crippen molar-refractivity contribution < 1.29 is 14.7 Å². The third-order valence-electron chi connectivity index (χ3n) is 3.88. The molecule has 1 aromatic heterocycles.